The summed E-state index contributed by atoms with van der Waals surface area (Å²) in [5.41, 5.74) is 4.07. The number of hydrogen-bond acceptors (Lipinski definition) is 4. The standard InChI is InChI=1S/C37H60N4O2/c1-5-9-25-40(26-10-6-2)29-13-15-36(42)38-34-21-17-32(18-22-34)31-33-19-23-35(24-20-33)39-37(43)16-14-30-41(27-11-7-3)28-12-8-4/h17-24H,5-16,25-31H2,1-4H3,(H,38,42)(H,39,43). The highest BCUT2D eigenvalue weighted by molar-refractivity contribution is 5.91. The first kappa shape index (κ1) is 36.5. The van der Waals surface area contributed by atoms with Crippen LogP contribution >= 0.6 is 0 Å². The predicted molar refractivity (Wildman–Crippen MR) is 184 cm³/mol. The maximum atomic E-state index is 12.5. The minimum Gasteiger partial charge on any atom is -0.326 e. The smallest absolute Gasteiger partial charge is 0.224 e. The van der Waals surface area contributed by atoms with Crippen molar-refractivity contribution in [1.29, 1.82) is 0 Å². The number of carbonyl (C=O) groups excluding carboxylic acids is 2. The fraction of sp³-hybridized carbons (Fsp3) is 0.622. The number of unbranched alkanes of at least 4 members (excludes halogenated alkanes) is 4. The molecule has 0 fully saturated rings. The van der Waals surface area contributed by atoms with E-state index < -0.39 is 0 Å². The van der Waals surface area contributed by atoms with Crippen LogP contribution in [0.1, 0.15) is 116 Å². The highest BCUT2D eigenvalue weighted by atomic mass is 16.2. The molecule has 0 aliphatic carbocycles. The van der Waals surface area contributed by atoms with Crippen LogP contribution in [0.2, 0.25) is 0 Å². The van der Waals surface area contributed by atoms with Crippen LogP contribution in [0.4, 0.5) is 11.4 Å². The van der Waals surface area contributed by atoms with E-state index in [0.29, 0.717) is 12.8 Å². The predicted octanol–water partition coefficient (Wildman–Crippen LogP) is 8.52. The Bertz CT molecular complexity index is 909. The zero-order valence-corrected chi connectivity index (χ0v) is 27.8. The fourth-order valence-corrected chi connectivity index (χ4v) is 5.22. The molecule has 6 nitrogen and oxygen atoms in total. The molecular formula is C37H60N4O2. The Labute approximate surface area is 263 Å². The summed E-state index contributed by atoms with van der Waals surface area (Å²) in [5.74, 6) is 0.170. The molecule has 0 heterocycles. The van der Waals surface area contributed by atoms with E-state index in [9.17, 15) is 9.59 Å². The van der Waals surface area contributed by atoms with Crippen LogP contribution in [-0.4, -0.2) is 60.9 Å². The van der Waals surface area contributed by atoms with Gasteiger partial charge in [-0.1, -0.05) is 77.6 Å². The van der Waals surface area contributed by atoms with Crippen LogP contribution in [-0.2, 0) is 16.0 Å². The number of anilines is 2. The number of amides is 2. The third-order valence-corrected chi connectivity index (χ3v) is 7.95. The summed E-state index contributed by atoms with van der Waals surface area (Å²) in [6.07, 6.45) is 13.4. The van der Waals surface area contributed by atoms with Crippen molar-refractivity contribution >= 4 is 23.2 Å². The summed E-state index contributed by atoms with van der Waals surface area (Å²) in [4.78, 5) is 30.0. The molecule has 2 N–H and O–H groups in total. The molecule has 0 aliphatic rings. The van der Waals surface area contributed by atoms with E-state index in [2.05, 4.69) is 72.4 Å². The lowest BCUT2D eigenvalue weighted by Crippen LogP contribution is -2.28. The normalized spacial score (nSPS) is 11.3. The molecule has 43 heavy (non-hydrogen) atoms. The van der Waals surface area contributed by atoms with Crippen molar-refractivity contribution in [1.82, 2.24) is 9.80 Å². The molecule has 0 aliphatic heterocycles. The largest absolute Gasteiger partial charge is 0.326 e. The van der Waals surface area contributed by atoms with Gasteiger partial charge in [0.25, 0.3) is 0 Å². The molecule has 0 unspecified atom stereocenters. The van der Waals surface area contributed by atoms with Crippen molar-refractivity contribution in [2.75, 3.05) is 49.9 Å². The Morgan fingerprint density at radius 1 is 0.488 bits per heavy atom. The Morgan fingerprint density at radius 3 is 1.09 bits per heavy atom. The van der Waals surface area contributed by atoms with E-state index in [-0.39, 0.29) is 11.8 Å². The lowest BCUT2D eigenvalue weighted by molar-refractivity contribution is -0.117. The van der Waals surface area contributed by atoms with Crippen molar-refractivity contribution in [3.05, 3.63) is 59.7 Å². The van der Waals surface area contributed by atoms with E-state index in [1.807, 2.05) is 24.3 Å². The molecule has 2 rings (SSSR count). The van der Waals surface area contributed by atoms with E-state index in [1.165, 1.54) is 62.5 Å². The van der Waals surface area contributed by atoms with Gasteiger partial charge in [-0.3, -0.25) is 9.59 Å². The molecule has 2 aromatic rings. The van der Waals surface area contributed by atoms with Crippen molar-refractivity contribution in [2.24, 2.45) is 0 Å². The van der Waals surface area contributed by atoms with Crippen molar-refractivity contribution in [3.8, 4) is 0 Å². The number of nitrogens with one attached hydrogen (secondary N) is 2. The van der Waals surface area contributed by atoms with Gasteiger partial charge in [0.05, 0.1) is 0 Å². The first-order valence-corrected chi connectivity index (χ1v) is 17.2. The SMILES string of the molecule is CCCCN(CCCC)CCCC(=O)Nc1ccc(Cc2ccc(NC(=O)CCCN(CCCC)CCCC)cc2)cc1. The summed E-state index contributed by atoms with van der Waals surface area (Å²) in [6.45, 7) is 15.4. The fourth-order valence-electron chi connectivity index (χ4n) is 5.22. The van der Waals surface area contributed by atoms with Crippen LogP contribution in [0.15, 0.2) is 48.5 Å². The lowest BCUT2D eigenvalue weighted by Gasteiger charge is -2.21. The zero-order chi connectivity index (χ0) is 31.1. The van der Waals surface area contributed by atoms with Gasteiger partial charge in [-0.05, 0) is 120 Å². The van der Waals surface area contributed by atoms with E-state index in [1.54, 1.807) is 0 Å². The first-order chi connectivity index (χ1) is 21.0. The molecule has 0 aromatic heterocycles. The molecule has 0 spiro atoms. The maximum Gasteiger partial charge on any atom is 0.224 e. The van der Waals surface area contributed by atoms with Gasteiger partial charge in [-0.2, -0.15) is 0 Å². The molecule has 2 amide bonds. The second kappa shape index (κ2) is 22.8. The van der Waals surface area contributed by atoms with E-state index in [0.717, 1.165) is 69.9 Å². The number of benzene rings is 2. The molecule has 240 valence electrons. The summed E-state index contributed by atoms with van der Waals surface area (Å²) in [6, 6.07) is 16.3. The molecule has 0 bridgehead atoms. The molecule has 0 saturated heterocycles. The highest BCUT2D eigenvalue weighted by Crippen LogP contribution is 2.17. The second-order valence-electron chi connectivity index (χ2n) is 12.0. The van der Waals surface area contributed by atoms with Gasteiger partial charge in [0.15, 0.2) is 0 Å². The molecule has 6 heteroatoms. The number of nitrogens with zero attached hydrogens (tertiary/aromatic N) is 2. The van der Waals surface area contributed by atoms with Gasteiger partial charge in [0, 0.05) is 24.2 Å². The van der Waals surface area contributed by atoms with Gasteiger partial charge in [0.2, 0.25) is 11.8 Å². The van der Waals surface area contributed by atoms with Crippen LogP contribution in [0.25, 0.3) is 0 Å². The Balaban J connectivity index is 1.72. The first-order valence-electron chi connectivity index (χ1n) is 17.2. The summed E-state index contributed by atoms with van der Waals surface area (Å²) in [7, 11) is 0. The van der Waals surface area contributed by atoms with Crippen LogP contribution in [0.5, 0.6) is 0 Å². The highest BCUT2D eigenvalue weighted by Gasteiger charge is 2.09. The van der Waals surface area contributed by atoms with Crippen molar-refractivity contribution in [2.45, 2.75) is 111 Å². The molecule has 2 aromatic carbocycles. The Hall–Kier alpha value is -2.70. The van der Waals surface area contributed by atoms with Gasteiger partial charge in [0.1, 0.15) is 0 Å². The summed E-state index contributed by atoms with van der Waals surface area (Å²) in [5, 5.41) is 6.11. The quantitative estimate of drug-likeness (QED) is 0.128. The lowest BCUT2D eigenvalue weighted by atomic mass is 10.0. The van der Waals surface area contributed by atoms with Gasteiger partial charge < -0.3 is 20.4 Å². The average Bonchev–Trinajstić information content (AvgIpc) is 3.01. The molecule has 0 saturated carbocycles. The number of rotatable bonds is 24. The molecular weight excluding hydrogens is 532 g/mol. The van der Waals surface area contributed by atoms with Gasteiger partial charge >= 0.3 is 0 Å². The third kappa shape index (κ3) is 16.7. The van der Waals surface area contributed by atoms with Crippen LogP contribution in [0, 0.1) is 0 Å². The number of carbonyl (C=O) groups is 2. The molecule has 0 atom stereocenters. The Morgan fingerprint density at radius 2 is 0.791 bits per heavy atom. The maximum absolute atomic E-state index is 12.5. The van der Waals surface area contributed by atoms with Crippen LogP contribution in [0.3, 0.4) is 0 Å². The van der Waals surface area contributed by atoms with Crippen LogP contribution < -0.4 is 10.6 Å². The summed E-state index contributed by atoms with van der Waals surface area (Å²) < 4.78 is 0. The summed E-state index contributed by atoms with van der Waals surface area (Å²) >= 11 is 0. The Kier molecular flexibility index (Phi) is 19.3. The third-order valence-electron chi connectivity index (χ3n) is 7.95. The van der Waals surface area contributed by atoms with E-state index in [4.69, 9.17) is 0 Å². The molecule has 0 radical (unpaired) electrons. The van der Waals surface area contributed by atoms with E-state index >= 15 is 0 Å². The van der Waals surface area contributed by atoms with Gasteiger partial charge in [-0.25, -0.2) is 0 Å². The van der Waals surface area contributed by atoms with Gasteiger partial charge in [-0.15, -0.1) is 0 Å². The monoisotopic (exact) mass is 592 g/mol. The minimum absolute atomic E-state index is 0.0848. The van der Waals surface area contributed by atoms with Crippen molar-refractivity contribution < 1.29 is 9.59 Å². The minimum atomic E-state index is 0.0848. The topological polar surface area (TPSA) is 64.7 Å². The van der Waals surface area contributed by atoms with Crippen molar-refractivity contribution in [3.63, 3.8) is 0 Å². The number of hydrogen-bond donors (Lipinski definition) is 2. The average molecular weight is 593 g/mol. The zero-order valence-electron chi connectivity index (χ0n) is 27.8. The second-order valence-corrected chi connectivity index (χ2v) is 12.0.